The highest BCUT2D eigenvalue weighted by Gasteiger charge is 2.36. The monoisotopic (exact) mass is 301 g/mol. The van der Waals surface area contributed by atoms with E-state index in [4.69, 9.17) is 4.74 Å². The normalized spacial score (nSPS) is 33.2. The highest BCUT2D eigenvalue weighted by atomic mass is 16.5. The second-order valence-electron chi connectivity index (χ2n) is 7.00. The van der Waals surface area contributed by atoms with Gasteiger partial charge in [0.25, 0.3) is 0 Å². The van der Waals surface area contributed by atoms with E-state index in [-0.39, 0.29) is 18.0 Å². The predicted octanol–water partition coefficient (Wildman–Crippen LogP) is 3.63. The van der Waals surface area contributed by atoms with Crippen LogP contribution in [-0.4, -0.2) is 36.1 Å². The molecule has 3 heteroatoms. The number of hydrogen-bond donors (Lipinski definition) is 0. The van der Waals surface area contributed by atoms with Crippen LogP contribution in [0.25, 0.3) is 0 Å². The summed E-state index contributed by atoms with van der Waals surface area (Å²) in [5.41, 5.74) is 3.41. The number of carbonyl (C=O) groups is 1. The van der Waals surface area contributed by atoms with Crippen LogP contribution in [0, 0.1) is 5.92 Å². The van der Waals surface area contributed by atoms with Crippen molar-refractivity contribution < 1.29 is 9.53 Å². The predicted molar refractivity (Wildman–Crippen MR) is 88.5 cm³/mol. The Hall–Kier alpha value is -1.35. The SMILES string of the molecule is C=C(C)[C@@H]1C[C@@H](N2CCCC2)C(C)=CCCC2=C[C@@H]1OC2=O. The summed E-state index contributed by atoms with van der Waals surface area (Å²) in [7, 11) is 0. The first kappa shape index (κ1) is 15.5. The fourth-order valence-electron chi connectivity index (χ4n) is 4.01. The standard InChI is InChI=1S/C19H27NO2/c1-13(2)16-12-17(20-9-4-5-10-20)14(3)7-6-8-15-11-18(16)22-19(15)21/h7,11,16-18H,1,4-6,8-10,12H2,2-3H3/t16-,17+,18-/m0/s1. The summed E-state index contributed by atoms with van der Waals surface area (Å²) >= 11 is 0. The molecular weight excluding hydrogens is 274 g/mol. The third kappa shape index (κ3) is 3.05. The largest absolute Gasteiger partial charge is 0.454 e. The first-order chi connectivity index (χ1) is 10.6. The van der Waals surface area contributed by atoms with E-state index < -0.39 is 0 Å². The van der Waals surface area contributed by atoms with Gasteiger partial charge >= 0.3 is 5.97 Å². The average Bonchev–Trinajstić information content (AvgIpc) is 3.09. The molecule has 3 rings (SSSR count). The zero-order valence-electron chi connectivity index (χ0n) is 13.8. The van der Waals surface area contributed by atoms with Crippen molar-refractivity contribution in [2.75, 3.05) is 13.1 Å². The molecule has 0 radical (unpaired) electrons. The zero-order valence-corrected chi connectivity index (χ0v) is 13.8. The minimum absolute atomic E-state index is 0.115. The van der Waals surface area contributed by atoms with Crippen LogP contribution < -0.4 is 0 Å². The molecule has 22 heavy (non-hydrogen) atoms. The second kappa shape index (κ2) is 6.41. The van der Waals surface area contributed by atoms with E-state index in [2.05, 4.69) is 37.5 Å². The molecule has 120 valence electrons. The molecule has 2 heterocycles. The zero-order chi connectivity index (χ0) is 15.7. The van der Waals surface area contributed by atoms with Crippen molar-refractivity contribution in [2.24, 2.45) is 5.92 Å². The third-order valence-corrected chi connectivity index (χ3v) is 5.36. The maximum atomic E-state index is 12.0. The topological polar surface area (TPSA) is 29.5 Å². The van der Waals surface area contributed by atoms with Gasteiger partial charge in [-0.1, -0.05) is 23.8 Å². The summed E-state index contributed by atoms with van der Waals surface area (Å²) in [5, 5.41) is 0. The number of rotatable bonds is 2. The molecule has 0 N–H and O–H groups in total. The fourth-order valence-corrected chi connectivity index (χ4v) is 4.01. The third-order valence-electron chi connectivity index (χ3n) is 5.36. The van der Waals surface area contributed by atoms with Crippen LogP contribution >= 0.6 is 0 Å². The molecule has 3 nitrogen and oxygen atoms in total. The molecule has 1 saturated heterocycles. The summed E-state index contributed by atoms with van der Waals surface area (Å²) < 4.78 is 5.64. The second-order valence-corrected chi connectivity index (χ2v) is 7.00. The van der Waals surface area contributed by atoms with Gasteiger partial charge < -0.3 is 4.74 Å². The maximum Gasteiger partial charge on any atom is 0.334 e. The van der Waals surface area contributed by atoms with E-state index in [0.29, 0.717) is 6.04 Å². The number of likely N-dealkylation sites (tertiary alicyclic amines) is 1. The van der Waals surface area contributed by atoms with Gasteiger partial charge in [0.05, 0.1) is 0 Å². The Kier molecular flexibility index (Phi) is 4.53. The maximum absolute atomic E-state index is 12.0. The number of ether oxygens (including phenoxy) is 1. The molecule has 0 unspecified atom stereocenters. The van der Waals surface area contributed by atoms with Crippen molar-refractivity contribution in [1.82, 2.24) is 4.90 Å². The molecule has 0 aromatic carbocycles. The summed E-state index contributed by atoms with van der Waals surface area (Å²) in [4.78, 5) is 14.6. The Bertz CT molecular complexity index is 526. The van der Waals surface area contributed by atoms with Crippen molar-refractivity contribution in [3.63, 3.8) is 0 Å². The van der Waals surface area contributed by atoms with Crippen LogP contribution in [0.4, 0.5) is 0 Å². The first-order valence-electron chi connectivity index (χ1n) is 8.54. The summed E-state index contributed by atoms with van der Waals surface area (Å²) in [5.74, 6) is 0.0930. The molecule has 3 atom stereocenters. The minimum Gasteiger partial charge on any atom is -0.454 e. The number of hydrogen-bond acceptors (Lipinski definition) is 3. The number of allylic oxidation sites excluding steroid dienone is 1. The van der Waals surface area contributed by atoms with Crippen LogP contribution in [0.2, 0.25) is 0 Å². The molecule has 0 saturated carbocycles. The Labute approximate surface area is 133 Å². The van der Waals surface area contributed by atoms with Gasteiger partial charge in [0, 0.05) is 17.5 Å². The van der Waals surface area contributed by atoms with Crippen molar-refractivity contribution >= 4 is 5.97 Å². The highest BCUT2D eigenvalue weighted by molar-refractivity contribution is 5.91. The van der Waals surface area contributed by atoms with Gasteiger partial charge in [-0.25, -0.2) is 4.79 Å². The number of nitrogens with zero attached hydrogens (tertiary/aromatic N) is 1. The van der Waals surface area contributed by atoms with Crippen LogP contribution in [0.15, 0.2) is 35.5 Å². The van der Waals surface area contributed by atoms with Crippen LogP contribution in [-0.2, 0) is 9.53 Å². The quantitative estimate of drug-likeness (QED) is 0.576. The lowest BCUT2D eigenvalue weighted by Gasteiger charge is -2.33. The van der Waals surface area contributed by atoms with E-state index in [9.17, 15) is 4.79 Å². The van der Waals surface area contributed by atoms with Gasteiger partial charge in [-0.2, -0.15) is 0 Å². The molecule has 0 spiro atoms. The lowest BCUT2D eigenvalue weighted by atomic mass is 9.84. The average molecular weight is 301 g/mol. The summed E-state index contributed by atoms with van der Waals surface area (Å²) in [6, 6.07) is 0.457. The van der Waals surface area contributed by atoms with Gasteiger partial charge in [-0.3, -0.25) is 4.90 Å². The lowest BCUT2D eigenvalue weighted by molar-refractivity contribution is -0.141. The van der Waals surface area contributed by atoms with Gasteiger partial charge in [-0.15, -0.1) is 0 Å². The van der Waals surface area contributed by atoms with Crippen molar-refractivity contribution in [3.8, 4) is 0 Å². The summed E-state index contributed by atoms with van der Waals surface area (Å²) in [6.45, 7) is 10.9. The lowest BCUT2D eigenvalue weighted by Crippen LogP contribution is -2.38. The minimum atomic E-state index is -0.123. The van der Waals surface area contributed by atoms with Gasteiger partial charge in [0.2, 0.25) is 0 Å². The molecular formula is C19H27NO2. The Morgan fingerprint density at radius 3 is 2.77 bits per heavy atom. The van der Waals surface area contributed by atoms with Crippen LogP contribution in [0.5, 0.6) is 0 Å². The molecule has 0 aromatic rings. The van der Waals surface area contributed by atoms with E-state index in [0.717, 1.165) is 30.4 Å². The van der Waals surface area contributed by atoms with Gasteiger partial charge in [-0.05, 0) is 65.1 Å². The molecule has 1 aliphatic carbocycles. The smallest absolute Gasteiger partial charge is 0.334 e. The fraction of sp³-hybridized carbons (Fsp3) is 0.632. The van der Waals surface area contributed by atoms with Crippen LogP contribution in [0.3, 0.4) is 0 Å². The van der Waals surface area contributed by atoms with Crippen molar-refractivity contribution in [2.45, 2.75) is 58.1 Å². The molecule has 2 aliphatic heterocycles. The van der Waals surface area contributed by atoms with Gasteiger partial charge in [0.1, 0.15) is 6.10 Å². The van der Waals surface area contributed by atoms with E-state index >= 15 is 0 Å². The Balaban J connectivity index is 1.89. The van der Waals surface area contributed by atoms with Crippen molar-refractivity contribution in [1.29, 1.82) is 0 Å². The number of esters is 1. The Morgan fingerprint density at radius 1 is 1.36 bits per heavy atom. The van der Waals surface area contributed by atoms with E-state index in [1.165, 1.54) is 31.5 Å². The molecule has 2 bridgehead atoms. The van der Waals surface area contributed by atoms with Gasteiger partial charge in [0.15, 0.2) is 0 Å². The molecule has 0 amide bonds. The molecule has 1 fully saturated rings. The first-order valence-corrected chi connectivity index (χ1v) is 8.54. The molecule has 3 aliphatic rings. The van der Waals surface area contributed by atoms with E-state index in [1.807, 2.05) is 0 Å². The number of carbonyl (C=O) groups excluding carboxylic acids is 1. The Morgan fingerprint density at radius 2 is 2.09 bits per heavy atom. The highest BCUT2D eigenvalue weighted by Crippen LogP contribution is 2.34. The van der Waals surface area contributed by atoms with Crippen LogP contribution in [0.1, 0.15) is 46.0 Å². The summed E-state index contributed by atoms with van der Waals surface area (Å²) in [6.07, 6.45) is 9.58. The van der Waals surface area contributed by atoms with E-state index in [1.54, 1.807) is 0 Å². The van der Waals surface area contributed by atoms with Crippen molar-refractivity contribution in [3.05, 3.63) is 35.5 Å². The molecule has 0 aromatic heterocycles. The number of fused-ring (bicyclic) bond motifs is 1.